The fourth-order valence-corrected chi connectivity index (χ4v) is 2.54. The standard InChI is InChI=1S/C18H15N7O/c1-12(26)20-13-6-5-7-14(10-13)21-18-19-11-16-17(22-18)25(24-23-16)15-8-3-2-4-9-15/h2-11H,1H3,(H,20,26)(H,19,21,22). The summed E-state index contributed by atoms with van der Waals surface area (Å²) in [6.07, 6.45) is 1.62. The number of anilines is 3. The monoisotopic (exact) mass is 345 g/mol. The topological polar surface area (TPSA) is 97.6 Å². The summed E-state index contributed by atoms with van der Waals surface area (Å²) >= 11 is 0. The molecule has 2 N–H and O–H groups in total. The van der Waals surface area contributed by atoms with Crippen LogP contribution in [0.15, 0.2) is 60.8 Å². The third-order valence-corrected chi connectivity index (χ3v) is 3.63. The average molecular weight is 345 g/mol. The second kappa shape index (κ2) is 6.60. The summed E-state index contributed by atoms with van der Waals surface area (Å²) in [4.78, 5) is 20.0. The molecule has 4 aromatic rings. The molecule has 128 valence electrons. The number of fused-ring (bicyclic) bond motifs is 1. The maximum Gasteiger partial charge on any atom is 0.229 e. The number of nitrogens with zero attached hydrogens (tertiary/aromatic N) is 5. The summed E-state index contributed by atoms with van der Waals surface area (Å²) in [7, 11) is 0. The molecule has 1 amide bonds. The van der Waals surface area contributed by atoms with Crippen LogP contribution in [-0.4, -0.2) is 30.9 Å². The van der Waals surface area contributed by atoms with E-state index in [1.54, 1.807) is 10.9 Å². The molecule has 0 bridgehead atoms. The predicted octanol–water partition coefficient (Wildman–Crippen LogP) is 2.91. The van der Waals surface area contributed by atoms with Gasteiger partial charge < -0.3 is 10.6 Å². The number of benzene rings is 2. The van der Waals surface area contributed by atoms with Gasteiger partial charge in [-0.15, -0.1) is 5.10 Å². The first kappa shape index (κ1) is 15.7. The number of para-hydroxylation sites is 1. The summed E-state index contributed by atoms with van der Waals surface area (Å²) in [5, 5.41) is 14.1. The molecule has 2 heterocycles. The Bertz CT molecular complexity index is 1080. The van der Waals surface area contributed by atoms with E-state index in [4.69, 9.17) is 0 Å². The molecule has 4 rings (SSSR count). The van der Waals surface area contributed by atoms with Gasteiger partial charge in [-0.2, -0.15) is 9.67 Å². The van der Waals surface area contributed by atoms with Gasteiger partial charge in [-0.05, 0) is 30.3 Å². The molecule has 26 heavy (non-hydrogen) atoms. The summed E-state index contributed by atoms with van der Waals surface area (Å²) in [5.74, 6) is 0.287. The van der Waals surface area contributed by atoms with Crippen LogP contribution in [0.25, 0.3) is 16.9 Å². The first-order chi connectivity index (χ1) is 12.7. The molecule has 0 atom stereocenters. The van der Waals surface area contributed by atoms with Gasteiger partial charge in [0, 0.05) is 18.3 Å². The van der Waals surface area contributed by atoms with Crippen LogP contribution >= 0.6 is 0 Å². The number of amides is 1. The van der Waals surface area contributed by atoms with Gasteiger partial charge in [0.15, 0.2) is 11.2 Å². The van der Waals surface area contributed by atoms with Crippen molar-refractivity contribution in [3.63, 3.8) is 0 Å². The zero-order valence-corrected chi connectivity index (χ0v) is 13.9. The summed E-state index contributed by atoms with van der Waals surface area (Å²) < 4.78 is 1.66. The van der Waals surface area contributed by atoms with Gasteiger partial charge in [-0.25, -0.2) is 4.98 Å². The molecule has 0 aliphatic carbocycles. The minimum Gasteiger partial charge on any atom is -0.326 e. The highest BCUT2D eigenvalue weighted by Gasteiger charge is 2.10. The lowest BCUT2D eigenvalue weighted by atomic mass is 10.2. The third-order valence-electron chi connectivity index (χ3n) is 3.63. The number of carbonyl (C=O) groups excluding carboxylic acids is 1. The van der Waals surface area contributed by atoms with Crippen LogP contribution in [0.3, 0.4) is 0 Å². The third kappa shape index (κ3) is 3.20. The van der Waals surface area contributed by atoms with Crippen LogP contribution in [0.2, 0.25) is 0 Å². The van der Waals surface area contributed by atoms with Crippen molar-refractivity contribution in [3.8, 4) is 5.69 Å². The lowest BCUT2D eigenvalue weighted by Crippen LogP contribution is -2.06. The normalized spacial score (nSPS) is 10.7. The van der Waals surface area contributed by atoms with Crippen molar-refractivity contribution in [2.45, 2.75) is 6.92 Å². The van der Waals surface area contributed by atoms with Crippen molar-refractivity contribution in [1.29, 1.82) is 0 Å². The molecule has 0 spiro atoms. The molecule has 0 unspecified atom stereocenters. The maximum atomic E-state index is 11.2. The number of nitrogens with one attached hydrogen (secondary N) is 2. The number of aromatic nitrogens is 5. The molecule has 8 heteroatoms. The highest BCUT2D eigenvalue weighted by molar-refractivity contribution is 5.89. The smallest absolute Gasteiger partial charge is 0.229 e. The van der Waals surface area contributed by atoms with Gasteiger partial charge in [-0.3, -0.25) is 4.79 Å². The minimum atomic E-state index is -0.127. The van der Waals surface area contributed by atoms with Crippen molar-refractivity contribution in [2.75, 3.05) is 10.6 Å². The van der Waals surface area contributed by atoms with Gasteiger partial charge in [0.1, 0.15) is 0 Å². The van der Waals surface area contributed by atoms with Crippen LogP contribution in [0, 0.1) is 0 Å². The summed E-state index contributed by atoms with van der Waals surface area (Å²) in [5.41, 5.74) is 3.53. The van der Waals surface area contributed by atoms with E-state index in [1.165, 1.54) is 6.92 Å². The van der Waals surface area contributed by atoms with E-state index in [0.29, 0.717) is 22.8 Å². The van der Waals surface area contributed by atoms with Crippen LogP contribution in [0.4, 0.5) is 17.3 Å². The maximum absolute atomic E-state index is 11.2. The molecule has 8 nitrogen and oxygen atoms in total. The van der Waals surface area contributed by atoms with E-state index in [9.17, 15) is 4.79 Å². The van der Waals surface area contributed by atoms with Crippen LogP contribution < -0.4 is 10.6 Å². The van der Waals surface area contributed by atoms with E-state index < -0.39 is 0 Å². The van der Waals surface area contributed by atoms with Crippen molar-refractivity contribution < 1.29 is 4.79 Å². The second-order valence-corrected chi connectivity index (χ2v) is 5.63. The SMILES string of the molecule is CC(=O)Nc1cccc(Nc2ncc3nnn(-c4ccccc4)c3n2)c1. The van der Waals surface area contributed by atoms with E-state index >= 15 is 0 Å². The second-order valence-electron chi connectivity index (χ2n) is 5.63. The molecule has 0 radical (unpaired) electrons. The van der Waals surface area contributed by atoms with Gasteiger partial charge >= 0.3 is 0 Å². The van der Waals surface area contributed by atoms with E-state index in [1.807, 2.05) is 54.6 Å². The molecular formula is C18H15N7O. The molecule has 0 saturated heterocycles. The first-order valence-electron chi connectivity index (χ1n) is 7.97. The Kier molecular flexibility index (Phi) is 3.98. The Labute approximate surface area is 148 Å². The molecular weight excluding hydrogens is 330 g/mol. The minimum absolute atomic E-state index is 0.127. The molecule has 0 saturated carbocycles. The highest BCUT2D eigenvalue weighted by atomic mass is 16.1. The lowest BCUT2D eigenvalue weighted by Gasteiger charge is -2.08. The van der Waals surface area contributed by atoms with Gasteiger partial charge in [0.25, 0.3) is 0 Å². The van der Waals surface area contributed by atoms with Crippen molar-refractivity contribution >= 4 is 34.4 Å². The number of hydrogen-bond donors (Lipinski definition) is 2. The quantitative estimate of drug-likeness (QED) is 0.590. The van der Waals surface area contributed by atoms with Crippen molar-refractivity contribution in [2.24, 2.45) is 0 Å². The number of carbonyl (C=O) groups is 1. The van der Waals surface area contributed by atoms with Gasteiger partial charge in [-0.1, -0.05) is 29.5 Å². The Balaban J connectivity index is 1.67. The fourth-order valence-electron chi connectivity index (χ4n) is 2.54. The van der Waals surface area contributed by atoms with E-state index in [0.717, 1.165) is 11.4 Å². The molecule has 0 aliphatic heterocycles. The number of rotatable bonds is 4. The Morgan fingerprint density at radius 3 is 2.65 bits per heavy atom. The van der Waals surface area contributed by atoms with Gasteiger partial charge in [0.05, 0.1) is 11.9 Å². The molecule has 0 fully saturated rings. The van der Waals surface area contributed by atoms with Gasteiger partial charge in [0.2, 0.25) is 11.9 Å². The first-order valence-corrected chi connectivity index (χ1v) is 7.97. The zero-order valence-electron chi connectivity index (χ0n) is 13.9. The molecule has 2 aromatic carbocycles. The predicted molar refractivity (Wildman–Crippen MR) is 98.5 cm³/mol. The Morgan fingerprint density at radius 1 is 1.04 bits per heavy atom. The van der Waals surface area contributed by atoms with Crippen LogP contribution in [0.1, 0.15) is 6.92 Å². The Morgan fingerprint density at radius 2 is 1.85 bits per heavy atom. The fraction of sp³-hybridized carbons (Fsp3) is 0.0556. The van der Waals surface area contributed by atoms with Crippen molar-refractivity contribution in [3.05, 3.63) is 60.8 Å². The average Bonchev–Trinajstić information content (AvgIpc) is 3.05. The number of hydrogen-bond acceptors (Lipinski definition) is 6. The van der Waals surface area contributed by atoms with Crippen molar-refractivity contribution in [1.82, 2.24) is 25.0 Å². The summed E-state index contributed by atoms with van der Waals surface area (Å²) in [6.45, 7) is 1.47. The van der Waals surface area contributed by atoms with Crippen LogP contribution in [-0.2, 0) is 4.79 Å². The van der Waals surface area contributed by atoms with E-state index in [-0.39, 0.29) is 5.91 Å². The summed E-state index contributed by atoms with van der Waals surface area (Å²) in [6, 6.07) is 17.0. The Hall–Kier alpha value is -3.81. The molecule has 0 aliphatic rings. The highest BCUT2D eigenvalue weighted by Crippen LogP contribution is 2.20. The lowest BCUT2D eigenvalue weighted by molar-refractivity contribution is -0.114. The largest absolute Gasteiger partial charge is 0.326 e. The van der Waals surface area contributed by atoms with E-state index in [2.05, 4.69) is 30.9 Å². The van der Waals surface area contributed by atoms with Crippen LogP contribution in [0.5, 0.6) is 0 Å². The molecule has 2 aromatic heterocycles. The zero-order chi connectivity index (χ0) is 17.9.